The average Bonchev–Trinajstić information content (AvgIpc) is 2.82. The van der Waals surface area contributed by atoms with E-state index in [0.29, 0.717) is 26.3 Å². The van der Waals surface area contributed by atoms with Crippen LogP contribution in [0.15, 0.2) is 0 Å². The molecule has 0 aromatic rings. The van der Waals surface area contributed by atoms with Gasteiger partial charge in [0.05, 0.1) is 25.4 Å². The molecule has 1 rings (SSSR count). The summed E-state index contributed by atoms with van der Waals surface area (Å²) in [5, 5.41) is 0. The van der Waals surface area contributed by atoms with Crippen LogP contribution >= 0.6 is 0 Å². The molecule has 0 spiro atoms. The minimum absolute atomic E-state index is 0.244. The van der Waals surface area contributed by atoms with Crippen molar-refractivity contribution in [3.63, 3.8) is 0 Å². The van der Waals surface area contributed by atoms with Crippen LogP contribution in [0.1, 0.15) is 53.9 Å². The van der Waals surface area contributed by atoms with Gasteiger partial charge in [0.1, 0.15) is 5.60 Å². The van der Waals surface area contributed by atoms with Crippen molar-refractivity contribution in [1.82, 2.24) is 4.90 Å². The van der Waals surface area contributed by atoms with Crippen LogP contribution in [-0.2, 0) is 14.2 Å². The molecule has 1 aliphatic heterocycles. The maximum absolute atomic E-state index is 12.1. The average molecular weight is 301 g/mol. The zero-order valence-corrected chi connectivity index (χ0v) is 14.2. The van der Waals surface area contributed by atoms with E-state index in [0.717, 1.165) is 25.9 Å². The van der Waals surface area contributed by atoms with E-state index >= 15 is 0 Å². The molecule has 0 aliphatic carbocycles. The van der Waals surface area contributed by atoms with Gasteiger partial charge in [0.2, 0.25) is 0 Å². The first-order chi connectivity index (χ1) is 9.82. The van der Waals surface area contributed by atoms with Gasteiger partial charge in [0.15, 0.2) is 0 Å². The zero-order valence-electron chi connectivity index (χ0n) is 14.2. The number of hydrogen-bond donors (Lipinski definition) is 0. The van der Waals surface area contributed by atoms with Crippen molar-refractivity contribution in [3.8, 4) is 0 Å². The summed E-state index contributed by atoms with van der Waals surface area (Å²) in [5.74, 6) is 0. The Bertz CT molecular complexity index is 327. The third-order valence-electron chi connectivity index (χ3n) is 3.60. The van der Waals surface area contributed by atoms with Crippen molar-refractivity contribution >= 4 is 6.09 Å². The van der Waals surface area contributed by atoms with Crippen LogP contribution in [0.5, 0.6) is 0 Å². The van der Waals surface area contributed by atoms with Crippen molar-refractivity contribution < 1.29 is 19.0 Å². The molecule has 124 valence electrons. The highest BCUT2D eigenvalue weighted by molar-refractivity contribution is 5.68. The van der Waals surface area contributed by atoms with Gasteiger partial charge in [-0.2, -0.15) is 0 Å². The van der Waals surface area contributed by atoms with Crippen LogP contribution in [0, 0.1) is 0 Å². The molecule has 1 unspecified atom stereocenters. The first-order valence-corrected chi connectivity index (χ1v) is 8.01. The van der Waals surface area contributed by atoms with Crippen LogP contribution in [0.3, 0.4) is 0 Å². The molecule has 21 heavy (non-hydrogen) atoms. The lowest BCUT2D eigenvalue weighted by molar-refractivity contribution is -0.0639. The molecule has 1 atom stereocenters. The molecule has 0 saturated carbocycles. The second kappa shape index (κ2) is 7.99. The highest BCUT2D eigenvalue weighted by atomic mass is 16.6. The SMILES string of the molecule is CCCOCCOC1(CC)CCN(C(=O)OC(C)(C)C)C1. The Balaban J connectivity index is 2.42. The molecule has 1 fully saturated rings. The number of nitrogens with zero attached hydrogens (tertiary/aromatic N) is 1. The monoisotopic (exact) mass is 301 g/mol. The van der Waals surface area contributed by atoms with E-state index in [1.165, 1.54) is 0 Å². The van der Waals surface area contributed by atoms with Crippen molar-refractivity contribution in [2.75, 3.05) is 32.9 Å². The molecular weight excluding hydrogens is 270 g/mol. The first-order valence-electron chi connectivity index (χ1n) is 8.01. The van der Waals surface area contributed by atoms with E-state index in [1.807, 2.05) is 20.8 Å². The third kappa shape index (κ3) is 6.22. The third-order valence-corrected chi connectivity index (χ3v) is 3.60. The van der Waals surface area contributed by atoms with Gasteiger partial charge in [-0.05, 0) is 40.0 Å². The summed E-state index contributed by atoms with van der Waals surface area (Å²) >= 11 is 0. The van der Waals surface area contributed by atoms with E-state index in [1.54, 1.807) is 4.90 Å². The molecule has 5 nitrogen and oxygen atoms in total. The Morgan fingerprint density at radius 1 is 1.19 bits per heavy atom. The molecule has 0 N–H and O–H groups in total. The number of likely N-dealkylation sites (tertiary alicyclic amines) is 1. The van der Waals surface area contributed by atoms with Crippen LogP contribution in [0.2, 0.25) is 0 Å². The maximum atomic E-state index is 12.1. The van der Waals surface area contributed by atoms with Gasteiger partial charge in [-0.3, -0.25) is 0 Å². The lowest BCUT2D eigenvalue weighted by Crippen LogP contribution is -2.40. The number of amides is 1. The number of rotatable bonds is 7. The number of carbonyl (C=O) groups excluding carboxylic acids is 1. The first kappa shape index (κ1) is 18.2. The van der Waals surface area contributed by atoms with Gasteiger partial charge in [-0.1, -0.05) is 13.8 Å². The van der Waals surface area contributed by atoms with Crippen LogP contribution in [0.25, 0.3) is 0 Å². The molecule has 0 bridgehead atoms. The molecule has 1 heterocycles. The quantitative estimate of drug-likeness (QED) is 0.677. The molecule has 1 amide bonds. The van der Waals surface area contributed by atoms with Gasteiger partial charge in [-0.15, -0.1) is 0 Å². The molecule has 5 heteroatoms. The molecule has 0 aromatic carbocycles. The highest BCUT2D eigenvalue weighted by Gasteiger charge is 2.40. The van der Waals surface area contributed by atoms with Crippen LogP contribution < -0.4 is 0 Å². The molecule has 1 saturated heterocycles. The second-order valence-corrected chi connectivity index (χ2v) is 6.65. The van der Waals surface area contributed by atoms with E-state index in [9.17, 15) is 4.79 Å². The Kier molecular flexibility index (Phi) is 6.94. The van der Waals surface area contributed by atoms with Gasteiger partial charge >= 0.3 is 6.09 Å². The van der Waals surface area contributed by atoms with Crippen molar-refractivity contribution in [2.24, 2.45) is 0 Å². The summed E-state index contributed by atoms with van der Waals surface area (Å²) in [7, 11) is 0. The fourth-order valence-electron chi connectivity index (χ4n) is 2.40. The Hall–Kier alpha value is -0.810. The Morgan fingerprint density at radius 2 is 1.90 bits per heavy atom. The van der Waals surface area contributed by atoms with Gasteiger partial charge in [0.25, 0.3) is 0 Å². The molecule has 0 aromatic heterocycles. The fraction of sp³-hybridized carbons (Fsp3) is 0.938. The summed E-state index contributed by atoms with van der Waals surface area (Å²) in [6.45, 7) is 13.1. The minimum atomic E-state index is -0.455. The van der Waals surface area contributed by atoms with Gasteiger partial charge in [0, 0.05) is 13.2 Å². The molecular formula is C16H31NO4. The van der Waals surface area contributed by atoms with E-state index in [2.05, 4.69) is 13.8 Å². The van der Waals surface area contributed by atoms with Crippen LogP contribution in [-0.4, -0.2) is 55.1 Å². The molecule has 0 radical (unpaired) electrons. The van der Waals surface area contributed by atoms with Crippen molar-refractivity contribution in [2.45, 2.75) is 65.1 Å². The summed E-state index contributed by atoms with van der Waals surface area (Å²) in [5.41, 5.74) is -0.699. The predicted molar refractivity (Wildman–Crippen MR) is 82.5 cm³/mol. The summed E-state index contributed by atoms with van der Waals surface area (Å²) in [4.78, 5) is 13.9. The topological polar surface area (TPSA) is 48.0 Å². The zero-order chi connectivity index (χ0) is 15.9. The number of carbonyl (C=O) groups is 1. The molecule has 1 aliphatic rings. The minimum Gasteiger partial charge on any atom is -0.444 e. The largest absolute Gasteiger partial charge is 0.444 e. The summed E-state index contributed by atoms with van der Waals surface area (Å²) in [6.07, 6.45) is 2.52. The smallest absolute Gasteiger partial charge is 0.410 e. The van der Waals surface area contributed by atoms with E-state index in [4.69, 9.17) is 14.2 Å². The lowest BCUT2D eigenvalue weighted by Gasteiger charge is -2.29. The standard InChI is InChI=1S/C16H31NO4/c1-6-10-19-11-12-20-16(7-2)8-9-17(13-16)14(18)21-15(3,4)5/h6-13H2,1-5H3. The highest BCUT2D eigenvalue weighted by Crippen LogP contribution is 2.29. The Labute approximate surface area is 128 Å². The van der Waals surface area contributed by atoms with Gasteiger partial charge in [-0.25, -0.2) is 4.79 Å². The fourth-order valence-corrected chi connectivity index (χ4v) is 2.40. The van der Waals surface area contributed by atoms with Crippen LogP contribution in [0.4, 0.5) is 4.79 Å². The van der Waals surface area contributed by atoms with Gasteiger partial charge < -0.3 is 19.1 Å². The van der Waals surface area contributed by atoms with Crippen molar-refractivity contribution in [1.29, 1.82) is 0 Å². The summed E-state index contributed by atoms with van der Waals surface area (Å²) in [6, 6.07) is 0. The van der Waals surface area contributed by atoms with E-state index < -0.39 is 5.60 Å². The lowest BCUT2D eigenvalue weighted by atomic mass is 10.00. The normalized spacial score (nSPS) is 22.6. The van der Waals surface area contributed by atoms with E-state index in [-0.39, 0.29) is 11.7 Å². The summed E-state index contributed by atoms with van der Waals surface area (Å²) < 4.78 is 16.9. The predicted octanol–water partition coefficient (Wildman–Crippen LogP) is 3.22. The number of hydrogen-bond acceptors (Lipinski definition) is 4. The second-order valence-electron chi connectivity index (χ2n) is 6.65. The van der Waals surface area contributed by atoms with Crippen molar-refractivity contribution in [3.05, 3.63) is 0 Å². The maximum Gasteiger partial charge on any atom is 0.410 e. The number of ether oxygens (including phenoxy) is 3. The Morgan fingerprint density at radius 3 is 2.48 bits per heavy atom.